The lowest BCUT2D eigenvalue weighted by atomic mass is 9.82. The molecule has 2 aliphatic heterocycles. The smallest absolute Gasteiger partial charge is 0.416 e. The van der Waals surface area contributed by atoms with Crippen LogP contribution in [0, 0.1) is 11.7 Å². The van der Waals surface area contributed by atoms with E-state index >= 15 is 0 Å². The number of anilines is 1. The molecule has 36 heavy (non-hydrogen) atoms. The van der Waals surface area contributed by atoms with Gasteiger partial charge < -0.3 is 19.5 Å². The lowest BCUT2D eigenvalue weighted by molar-refractivity contribution is -0.137. The molecular formula is C26H23F4N3O3. The number of furan rings is 1. The van der Waals surface area contributed by atoms with E-state index in [-0.39, 0.29) is 37.1 Å². The van der Waals surface area contributed by atoms with Gasteiger partial charge in [-0.2, -0.15) is 13.2 Å². The van der Waals surface area contributed by atoms with Crippen molar-refractivity contribution in [3.8, 4) is 0 Å². The summed E-state index contributed by atoms with van der Waals surface area (Å²) in [5.74, 6) is -1.55. The number of piperazine rings is 1. The van der Waals surface area contributed by atoms with Gasteiger partial charge in [0.25, 0.3) is 5.91 Å². The molecule has 0 radical (unpaired) electrons. The Bertz CT molecular complexity index is 1260. The van der Waals surface area contributed by atoms with Crippen LogP contribution in [0.5, 0.6) is 0 Å². The number of hydrogen-bond donors (Lipinski definition) is 1. The number of halogens is 4. The molecule has 0 bridgehead atoms. The Morgan fingerprint density at radius 1 is 1.06 bits per heavy atom. The molecule has 10 heteroatoms. The molecule has 2 unspecified atom stereocenters. The maximum absolute atomic E-state index is 13.4. The van der Waals surface area contributed by atoms with Crippen molar-refractivity contribution in [3.05, 3.63) is 89.1 Å². The van der Waals surface area contributed by atoms with E-state index in [1.807, 2.05) is 4.90 Å². The SMILES string of the molecule is O=C(NCc1ccc(F)cc1)C1Cc2cc(C(F)(F)F)ccc2N2CCN(C(=O)c3ccco3)CC12. The predicted molar refractivity (Wildman–Crippen MR) is 123 cm³/mol. The van der Waals surface area contributed by atoms with Gasteiger partial charge in [0.2, 0.25) is 5.91 Å². The fourth-order valence-corrected chi connectivity index (χ4v) is 4.96. The second-order valence-electron chi connectivity index (χ2n) is 8.99. The summed E-state index contributed by atoms with van der Waals surface area (Å²) in [7, 11) is 0. The summed E-state index contributed by atoms with van der Waals surface area (Å²) < 4.78 is 58.6. The minimum absolute atomic E-state index is 0.0957. The van der Waals surface area contributed by atoms with Crippen LogP contribution in [-0.4, -0.2) is 42.4 Å². The lowest BCUT2D eigenvalue weighted by Crippen LogP contribution is -2.62. The summed E-state index contributed by atoms with van der Waals surface area (Å²) in [5.41, 5.74) is 1.00. The predicted octanol–water partition coefficient (Wildman–Crippen LogP) is 4.26. The summed E-state index contributed by atoms with van der Waals surface area (Å²) in [6.07, 6.45) is -3.00. The Morgan fingerprint density at radius 3 is 2.53 bits per heavy atom. The number of carbonyl (C=O) groups excluding carboxylic acids is 2. The zero-order chi connectivity index (χ0) is 25.4. The molecule has 1 saturated heterocycles. The standard InChI is InChI=1S/C26H23F4N3O3/c27-19-6-3-16(4-7-19)14-31-24(34)20-13-17-12-18(26(28,29)30)5-8-21(17)33-10-9-32(15-22(20)33)25(35)23-2-1-11-36-23/h1-8,11-12,20,22H,9-10,13-15H2,(H,31,34). The molecule has 2 aliphatic rings. The van der Waals surface area contributed by atoms with Crippen molar-refractivity contribution in [3.63, 3.8) is 0 Å². The first kappa shape index (κ1) is 23.9. The van der Waals surface area contributed by atoms with Crippen molar-refractivity contribution in [2.45, 2.75) is 25.2 Å². The van der Waals surface area contributed by atoms with E-state index in [0.717, 1.165) is 12.1 Å². The molecule has 0 aliphatic carbocycles. The summed E-state index contributed by atoms with van der Waals surface area (Å²) in [6.45, 7) is 1.05. The molecule has 1 fully saturated rings. The van der Waals surface area contributed by atoms with Crippen LogP contribution >= 0.6 is 0 Å². The Kier molecular flexibility index (Phi) is 6.19. The van der Waals surface area contributed by atoms with Gasteiger partial charge in [-0.25, -0.2) is 4.39 Å². The van der Waals surface area contributed by atoms with Crippen LogP contribution in [0.4, 0.5) is 23.2 Å². The summed E-state index contributed by atoms with van der Waals surface area (Å²) in [6, 6.07) is 12.0. The van der Waals surface area contributed by atoms with Crippen LogP contribution in [-0.2, 0) is 23.9 Å². The van der Waals surface area contributed by atoms with Crippen LogP contribution in [0.25, 0.3) is 0 Å². The molecular weight excluding hydrogens is 478 g/mol. The maximum atomic E-state index is 13.4. The minimum atomic E-state index is -4.50. The number of alkyl halides is 3. The van der Waals surface area contributed by atoms with Crippen molar-refractivity contribution < 1.29 is 31.6 Å². The van der Waals surface area contributed by atoms with Gasteiger partial charge in [-0.05, 0) is 60.0 Å². The van der Waals surface area contributed by atoms with Gasteiger partial charge in [-0.3, -0.25) is 9.59 Å². The van der Waals surface area contributed by atoms with Crippen molar-refractivity contribution >= 4 is 17.5 Å². The highest BCUT2D eigenvalue weighted by molar-refractivity contribution is 5.92. The van der Waals surface area contributed by atoms with Gasteiger partial charge in [-0.1, -0.05) is 12.1 Å². The third-order valence-electron chi connectivity index (χ3n) is 6.78. The van der Waals surface area contributed by atoms with E-state index in [2.05, 4.69) is 5.32 Å². The highest BCUT2D eigenvalue weighted by Crippen LogP contribution is 2.40. The Hall–Kier alpha value is -3.82. The molecule has 1 N–H and O–H groups in total. The van der Waals surface area contributed by atoms with Crippen molar-refractivity contribution in [1.82, 2.24) is 10.2 Å². The minimum Gasteiger partial charge on any atom is -0.459 e. The van der Waals surface area contributed by atoms with E-state index in [0.29, 0.717) is 29.9 Å². The van der Waals surface area contributed by atoms with Gasteiger partial charge in [0.05, 0.1) is 23.8 Å². The first-order chi connectivity index (χ1) is 17.2. The Balaban J connectivity index is 1.42. The second-order valence-corrected chi connectivity index (χ2v) is 8.99. The zero-order valence-corrected chi connectivity index (χ0v) is 19.1. The number of benzene rings is 2. The molecule has 1 aromatic heterocycles. The van der Waals surface area contributed by atoms with Crippen LogP contribution in [0.15, 0.2) is 65.3 Å². The summed E-state index contributed by atoms with van der Waals surface area (Å²) in [4.78, 5) is 29.8. The molecule has 2 amide bonds. The molecule has 3 heterocycles. The van der Waals surface area contributed by atoms with Crippen molar-refractivity contribution in [2.75, 3.05) is 24.5 Å². The highest BCUT2D eigenvalue weighted by Gasteiger charge is 2.43. The molecule has 6 nitrogen and oxygen atoms in total. The number of nitrogens with one attached hydrogen (secondary N) is 1. The average molecular weight is 501 g/mol. The van der Waals surface area contributed by atoms with Gasteiger partial charge >= 0.3 is 6.18 Å². The van der Waals surface area contributed by atoms with Crippen LogP contribution in [0.3, 0.4) is 0 Å². The number of rotatable bonds is 4. The highest BCUT2D eigenvalue weighted by atomic mass is 19.4. The lowest BCUT2D eigenvalue weighted by Gasteiger charge is -2.49. The monoisotopic (exact) mass is 501 g/mol. The number of fused-ring (bicyclic) bond motifs is 3. The summed E-state index contributed by atoms with van der Waals surface area (Å²) >= 11 is 0. The second kappa shape index (κ2) is 9.33. The van der Waals surface area contributed by atoms with Crippen LogP contribution < -0.4 is 10.2 Å². The largest absolute Gasteiger partial charge is 0.459 e. The third-order valence-corrected chi connectivity index (χ3v) is 6.78. The summed E-state index contributed by atoms with van der Waals surface area (Å²) in [5, 5.41) is 2.84. The Morgan fingerprint density at radius 2 is 1.83 bits per heavy atom. The quantitative estimate of drug-likeness (QED) is 0.543. The van der Waals surface area contributed by atoms with E-state index < -0.39 is 29.5 Å². The molecule has 2 atom stereocenters. The number of hydrogen-bond acceptors (Lipinski definition) is 4. The molecule has 188 valence electrons. The number of nitrogens with zero attached hydrogens (tertiary/aromatic N) is 2. The maximum Gasteiger partial charge on any atom is 0.416 e. The number of carbonyl (C=O) groups is 2. The molecule has 3 aromatic rings. The van der Waals surface area contributed by atoms with Gasteiger partial charge in [-0.15, -0.1) is 0 Å². The molecule has 0 saturated carbocycles. The third kappa shape index (κ3) is 4.67. The first-order valence-corrected chi connectivity index (χ1v) is 11.5. The first-order valence-electron chi connectivity index (χ1n) is 11.5. The Labute approximate surface area is 204 Å². The molecule has 2 aromatic carbocycles. The van der Waals surface area contributed by atoms with Crippen LogP contribution in [0.2, 0.25) is 0 Å². The molecule has 0 spiro atoms. The van der Waals surface area contributed by atoms with E-state index in [9.17, 15) is 27.2 Å². The average Bonchev–Trinajstić information content (AvgIpc) is 3.41. The van der Waals surface area contributed by atoms with Gasteiger partial charge in [0.15, 0.2) is 5.76 Å². The zero-order valence-electron chi connectivity index (χ0n) is 19.1. The van der Waals surface area contributed by atoms with E-state index in [1.165, 1.54) is 24.5 Å². The fraction of sp³-hybridized carbons (Fsp3) is 0.308. The van der Waals surface area contributed by atoms with Crippen molar-refractivity contribution in [1.29, 1.82) is 0 Å². The number of amides is 2. The van der Waals surface area contributed by atoms with E-state index in [1.54, 1.807) is 29.2 Å². The van der Waals surface area contributed by atoms with Gasteiger partial charge in [0.1, 0.15) is 5.82 Å². The van der Waals surface area contributed by atoms with E-state index in [4.69, 9.17) is 4.42 Å². The normalized spacial score (nSPS) is 19.4. The van der Waals surface area contributed by atoms with Crippen LogP contribution in [0.1, 0.15) is 27.2 Å². The van der Waals surface area contributed by atoms with Gasteiger partial charge in [0, 0.05) is 31.9 Å². The van der Waals surface area contributed by atoms with Crippen molar-refractivity contribution in [2.24, 2.45) is 5.92 Å². The fourth-order valence-electron chi connectivity index (χ4n) is 4.96. The molecule has 5 rings (SSSR count). The topological polar surface area (TPSA) is 65.8 Å².